The maximum Gasteiger partial charge on any atom is 0.241 e. The van der Waals surface area contributed by atoms with Crippen molar-refractivity contribution in [3.8, 4) is 0 Å². The van der Waals surface area contributed by atoms with Crippen LogP contribution in [0.25, 0.3) is 0 Å². The normalized spacial score (nSPS) is 26.8. The van der Waals surface area contributed by atoms with E-state index >= 15 is 0 Å². The molecule has 7 heteroatoms. The lowest BCUT2D eigenvalue weighted by atomic mass is 9.74. The molecule has 3 N–H and O–H groups in total. The van der Waals surface area contributed by atoms with Crippen molar-refractivity contribution in [1.82, 2.24) is 4.72 Å². The molecule has 0 bridgehead atoms. The van der Waals surface area contributed by atoms with Gasteiger partial charge in [0.25, 0.3) is 0 Å². The fourth-order valence-electron chi connectivity index (χ4n) is 2.88. The lowest BCUT2D eigenvalue weighted by Crippen LogP contribution is -2.58. The predicted octanol–water partition coefficient (Wildman–Crippen LogP) is 2.15. The molecule has 0 radical (unpaired) electrons. The standard InChI is InChI=1S/C14H20F2N2O2S/c1-10-4-2-3-7-14(10,9-17)18-21(19,20)11-5-6-12(15)13(16)8-11/h5-6,8,10,18H,2-4,7,9,17H2,1H3. The smallest absolute Gasteiger partial charge is 0.241 e. The molecule has 1 aromatic carbocycles. The molecule has 0 amide bonds. The maximum atomic E-state index is 13.3. The number of halogens is 2. The number of nitrogens with two attached hydrogens (primary N) is 1. The quantitative estimate of drug-likeness (QED) is 0.893. The average molecular weight is 318 g/mol. The molecule has 0 heterocycles. The van der Waals surface area contributed by atoms with Gasteiger partial charge in [0.15, 0.2) is 11.6 Å². The number of hydrogen-bond acceptors (Lipinski definition) is 3. The Morgan fingerprint density at radius 2 is 2.05 bits per heavy atom. The fraction of sp³-hybridized carbons (Fsp3) is 0.571. The summed E-state index contributed by atoms with van der Waals surface area (Å²) in [5.74, 6) is -2.17. The van der Waals surface area contributed by atoms with Gasteiger partial charge in [0.1, 0.15) is 0 Å². The summed E-state index contributed by atoms with van der Waals surface area (Å²) in [6.45, 7) is 2.14. The summed E-state index contributed by atoms with van der Waals surface area (Å²) < 4.78 is 53.7. The number of hydrogen-bond donors (Lipinski definition) is 2. The molecule has 2 unspecified atom stereocenters. The van der Waals surface area contributed by atoms with E-state index in [9.17, 15) is 17.2 Å². The molecular weight excluding hydrogens is 298 g/mol. The zero-order valence-electron chi connectivity index (χ0n) is 11.9. The van der Waals surface area contributed by atoms with Crippen molar-refractivity contribution in [3.05, 3.63) is 29.8 Å². The van der Waals surface area contributed by atoms with Gasteiger partial charge in [-0.25, -0.2) is 21.9 Å². The number of rotatable bonds is 4. The highest BCUT2D eigenvalue weighted by Crippen LogP contribution is 2.34. The summed E-state index contributed by atoms with van der Waals surface area (Å²) in [7, 11) is -3.94. The van der Waals surface area contributed by atoms with Crippen LogP contribution in [0.1, 0.15) is 32.6 Å². The van der Waals surface area contributed by atoms with Gasteiger partial charge in [0.2, 0.25) is 10.0 Å². The van der Waals surface area contributed by atoms with Crippen LogP contribution in [0.5, 0.6) is 0 Å². The molecule has 118 valence electrons. The molecule has 0 aromatic heterocycles. The third kappa shape index (κ3) is 3.25. The first-order chi connectivity index (χ1) is 9.81. The molecule has 4 nitrogen and oxygen atoms in total. The van der Waals surface area contributed by atoms with Gasteiger partial charge in [-0.15, -0.1) is 0 Å². The largest absolute Gasteiger partial charge is 0.329 e. The van der Waals surface area contributed by atoms with Gasteiger partial charge in [-0.2, -0.15) is 0 Å². The van der Waals surface area contributed by atoms with Gasteiger partial charge >= 0.3 is 0 Å². The Bertz CT molecular complexity index is 621. The van der Waals surface area contributed by atoms with Crippen LogP contribution >= 0.6 is 0 Å². The van der Waals surface area contributed by atoms with E-state index < -0.39 is 27.2 Å². The summed E-state index contributed by atoms with van der Waals surface area (Å²) >= 11 is 0. The van der Waals surface area contributed by atoms with Crippen LogP contribution in [-0.2, 0) is 10.0 Å². The molecule has 2 rings (SSSR count). The molecular formula is C14H20F2N2O2S. The van der Waals surface area contributed by atoms with Crippen molar-refractivity contribution in [2.45, 2.75) is 43.0 Å². The Hall–Kier alpha value is -1.05. The van der Waals surface area contributed by atoms with Crippen LogP contribution in [-0.4, -0.2) is 20.5 Å². The number of sulfonamides is 1. The van der Waals surface area contributed by atoms with Crippen LogP contribution in [0.4, 0.5) is 8.78 Å². The molecule has 2 atom stereocenters. The number of benzene rings is 1. The summed E-state index contributed by atoms with van der Waals surface area (Å²) in [6.07, 6.45) is 3.46. The Balaban J connectivity index is 2.32. The van der Waals surface area contributed by atoms with Crippen molar-refractivity contribution in [2.24, 2.45) is 11.7 Å². The van der Waals surface area contributed by atoms with Crippen LogP contribution < -0.4 is 10.5 Å². The molecule has 1 aromatic rings. The zero-order chi connectivity index (χ0) is 15.7. The zero-order valence-corrected chi connectivity index (χ0v) is 12.7. The second kappa shape index (κ2) is 5.98. The Labute approximate surface area is 123 Å². The monoisotopic (exact) mass is 318 g/mol. The summed E-state index contributed by atoms with van der Waals surface area (Å²) in [6, 6.07) is 2.55. The van der Waals surface area contributed by atoms with E-state index in [0.717, 1.165) is 31.4 Å². The lowest BCUT2D eigenvalue weighted by molar-refractivity contribution is 0.191. The number of nitrogens with one attached hydrogen (secondary N) is 1. The highest BCUT2D eigenvalue weighted by atomic mass is 32.2. The van der Waals surface area contributed by atoms with Crippen LogP contribution in [0.3, 0.4) is 0 Å². The van der Waals surface area contributed by atoms with Crippen molar-refractivity contribution in [3.63, 3.8) is 0 Å². The second-order valence-corrected chi connectivity index (χ2v) is 7.37. The molecule has 21 heavy (non-hydrogen) atoms. The van der Waals surface area contributed by atoms with E-state index in [-0.39, 0.29) is 17.4 Å². The van der Waals surface area contributed by atoms with E-state index in [1.807, 2.05) is 6.92 Å². The molecule has 0 saturated heterocycles. The van der Waals surface area contributed by atoms with Gasteiger partial charge in [-0.05, 0) is 37.0 Å². The second-order valence-electron chi connectivity index (χ2n) is 5.69. The third-order valence-corrected chi connectivity index (χ3v) is 5.91. The van der Waals surface area contributed by atoms with E-state index in [0.29, 0.717) is 12.5 Å². The van der Waals surface area contributed by atoms with Crippen LogP contribution in [0, 0.1) is 17.6 Å². The summed E-state index contributed by atoms with van der Waals surface area (Å²) in [4.78, 5) is -0.285. The minimum Gasteiger partial charge on any atom is -0.329 e. The minimum absolute atomic E-state index is 0.0938. The lowest BCUT2D eigenvalue weighted by Gasteiger charge is -2.42. The van der Waals surface area contributed by atoms with Crippen molar-refractivity contribution in [2.75, 3.05) is 6.54 Å². The van der Waals surface area contributed by atoms with Crippen LogP contribution in [0.2, 0.25) is 0 Å². The molecule has 1 aliphatic carbocycles. The first kappa shape index (κ1) is 16.3. The van der Waals surface area contributed by atoms with Crippen molar-refractivity contribution in [1.29, 1.82) is 0 Å². The molecule has 0 aliphatic heterocycles. The molecule has 1 aliphatic rings. The maximum absolute atomic E-state index is 13.3. The van der Waals surface area contributed by atoms with Gasteiger partial charge in [-0.1, -0.05) is 19.8 Å². The topological polar surface area (TPSA) is 72.2 Å². The minimum atomic E-state index is -3.94. The van der Waals surface area contributed by atoms with Gasteiger partial charge in [0, 0.05) is 12.1 Å². The van der Waals surface area contributed by atoms with Gasteiger partial charge in [0.05, 0.1) is 4.90 Å². The van der Waals surface area contributed by atoms with E-state index in [1.54, 1.807) is 0 Å². The van der Waals surface area contributed by atoms with E-state index in [4.69, 9.17) is 5.73 Å². The Morgan fingerprint density at radius 1 is 1.33 bits per heavy atom. The van der Waals surface area contributed by atoms with Crippen LogP contribution in [0.15, 0.2) is 23.1 Å². The highest BCUT2D eigenvalue weighted by Gasteiger charge is 2.40. The van der Waals surface area contributed by atoms with E-state index in [1.165, 1.54) is 0 Å². The first-order valence-corrected chi connectivity index (χ1v) is 8.48. The molecule has 0 spiro atoms. The Kier molecular flexibility index (Phi) is 4.65. The average Bonchev–Trinajstić information content (AvgIpc) is 2.44. The summed E-state index contributed by atoms with van der Waals surface area (Å²) in [5, 5.41) is 0. The van der Waals surface area contributed by atoms with E-state index in [2.05, 4.69) is 4.72 Å². The first-order valence-electron chi connectivity index (χ1n) is 7.00. The predicted molar refractivity (Wildman–Crippen MR) is 76.1 cm³/mol. The SMILES string of the molecule is CC1CCCCC1(CN)NS(=O)(=O)c1ccc(F)c(F)c1. The van der Waals surface area contributed by atoms with Gasteiger partial charge in [-0.3, -0.25) is 0 Å². The Morgan fingerprint density at radius 3 is 2.62 bits per heavy atom. The third-order valence-electron chi connectivity index (χ3n) is 4.36. The highest BCUT2D eigenvalue weighted by molar-refractivity contribution is 7.89. The van der Waals surface area contributed by atoms with Gasteiger partial charge < -0.3 is 5.73 Å². The fourth-order valence-corrected chi connectivity index (χ4v) is 4.43. The molecule has 1 fully saturated rings. The van der Waals surface area contributed by atoms with Crippen molar-refractivity contribution < 1.29 is 17.2 Å². The molecule has 1 saturated carbocycles. The summed E-state index contributed by atoms with van der Waals surface area (Å²) in [5.41, 5.74) is 5.09. The van der Waals surface area contributed by atoms with Crippen molar-refractivity contribution >= 4 is 10.0 Å².